The average Bonchev–Trinajstić information content (AvgIpc) is 3.35. The Bertz CT molecular complexity index is 1180. The second-order valence-corrected chi connectivity index (χ2v) is 11.8. The predicted molar refractivity (Wildman–Crippen MR) is 123 cm³/mol. The van der Waals surface area contributed by atoms with Crippen molar-refractivity contribution in [2.24, 2.45) is 34.0 Å². The molecule has 3 saturated carbocycles. The minimum absolute atomic E-state index is 0.164. The Morgan fingerprint density at radius 1 is 1.17 bits per heavy atom. The number of hydrogen-bond donors (Lipinski definition) is 2. The Morgan fingerprint density at radius 3 is 2.47 bits per heavy atom. The lowest BCUT2D eigenvalue weighted by Crippen LogP contribution is -2.73. The molecule has 4 aliphatic rings. The number of rotatable bonds is 3. The van der Waals surface area contributed by atoms with E-state index in [2.05, 4.69) is 0 Å². The van der Waals surface area contributed by atoms with Crippen molar-refractivity contribution < 1.29 is 43.3 Å². The molecule has 5 rings (SSSR count). The summed E-state index contributed by atoms with van der Waals surface area (Å²) in [5, 5.41) is 23.6. The molecule has 1 aromatic rings. The van der Waals surface area contributed by atoms with E-state index in [1.807, 2.05) is 6.92 Å². The molecule has 36 heavy (non-hydrogen) atoms. The molecule has 1 aromatic heterocycles. The van der Waals surface area contributed by atoms with Crippen molar-refractivity contribution >= 4 is 23.5 Å². The highest BCUT2D eigenvalue weighted by Crippen LogP contribution is 2.69. The highest BCUT2D eigenvalue weighted by atomic mass is 16.5. The minimum Gasteiger partial charge on any atom is -0.472 e. The number of fused-ring (bicyclic) bond motifs is 6. The van der Waals surface area contributed by atoms with Gasteiger partial charge >= 0.3 is 11.9 Å². The molecule has 2 heterocycles. The number of aliphatic hydroxyl groups excluding tert-OH is 1. The van der Waals surface area contributed by atoms with Gasteiger partial charge < -0.3 is 24.1 Å². The van der Waals surface area contributed by atoms with Crippen LogP contribution in [0.15, 0.2) is 34.7 Å². The molecule has 3 fully saturated rings. The van der Waals surface area contributed by atoms with Gasteiger partial charge in [-0.05, 0) is 30.9 Å². The highest BCUT2D eigenvalue weighted by molar-refractivity contribution is 6.11. The van der Waals surface area contributed by atoms with E-state index < -0.39 is 69.5 Å². The van der Waals surface area contributed by atoms with Crippen LogP contribution in [0, 0.1) is 34.0 Å². The lowest BCUT2D eigenvalue weighted by molar-refractivity contribution is -0.217. The van der Waals surface area contributed by atoms with Gasteiger partial charge in [0.05, 0.1) is 31.2 Å². The van der Waals surface area contributed by atoms with Gasteiger partial charge in [0, 0.05) is 39.7 Å². The molecule has 1 unspecified atom stereocenters. The van der Waals surface area contributed by atoms with Crippen molar-refractivity contribution in [3.63, 3.8) is 0 Å². The zero-order chi connectivity index (χ0) is 26.4. The number of ether oxygens (including phenoxy) is 2. The van der Waals surface area contributed by atoms with E-state index in [9.17, 15) is 29.4 Å². The Hall–Kier alpha value is -2.78. The van der Waals surface area contributed by atoms with Crippen LogP contribution in [-0.4, -0.2) is 52.5 Å². The SMILES string of the molecule is COC(=O)[C@H](O)C1C(C)(C)C(=O)[C@@H]2C[C@]3(O)C4=CC(=O)O[C@@H](c5ccoc5)[C@]4(C)CC[C@@H]3[C@@]1(C)C2=O. The standard InChI is InChI=1S/C27H32O9/c1-24(2)19(18(29)23(32)34-5)26(4)15-6-8-25(3)16(27(15,33)11-14(20(24)30)21(26)31)10-17(28)36-22(25)13-7-9-35-12-13/h7,9-10,12,14-15,18-19,22,29,33H,6,8,11H2,1-5H3/t14-,15+,18+,19?,22-,25+,26+,27+/m0/s1. The summed E-state index contributed by atoms with van der Waals surface area (Å²) in [5.74, 6) is -5.42. The van der Waals surface area contributed by atoms with Gasteiger partial charge in [-0.2, -0.15) is 0 Å². The predicted octanol–water partition coefficient (Wildman–Crippen LogP) is 2.31. The maximum atomic E-state index is 13.9. The molecular formula is C27H32O9. The highest BCUT2D eigenvalue weighted by Gasteiger charge is 2.75. The molecule has 9 nitrogen and oxygen atoms in total. The number of Topliss-reactive ketones (excluding diaryl/α,β-unsaturated/α-hetero) is 2. The maximum absolute atomic E-state index is 13.9. The first-order valence-corrected chi connectivity index (χ1v) is 12.3. The third-order valence-electron chi connectivity index (χ3n) is 9.75. The molecule has 194 valence electrons. The Labute approximate surface area is 208 Å². The van der Waals surface area contributed by atoms with Gasteiger partial charge in [0.1, 0.15) is 17.7 Å². The van der Waals surface area contributed by atoms with E-state index in [4.69, 9.17) is 13.9 Å². The van der Waals surface area contributed by atoms with Crippen molar-refractivity contribution in [2.75, 3.05) is 7.11 Å². The minimum atomic E-state index is -1.75. The number of carbonyl (C=O) groups is 4. The van der Waals surface area contributed by atoms with Gasteiger partial charge in [0.25, 0.3) is 0 Å². The quantitative estimate of drug-likeness (QED) is 0.472. The fourth-order valence-corrected chi connectivity index (χ4v) is 8.23. The molecule has 9 heteroatoms. The molecule has 8 atom stereocenters. The van der Waals surface area contributed by atoms with E-state index in [1.54, 1.807) is 26.8 Å². The average molecular weight is 501 g/mol. The monoisotopic (exact) mass is 500 g/mol. The summed E-state index contributed by atoms with van der Waals surface area (Å²) in [7, 11) is 1.13. The third kappa shape index (κ3) is 2.90. The number of hydrogen-bond acceptors (Lipinski definition) is 9. The van der Waals surface area contributed by atoms with Gasteiger partial charge in [-0.25, -0.2) is 9.59 Å². The van der Waals surface area contributed by atoms with Gasteiger partial charge in [-0.3, -0.25) is 9.59 Å². The molecule has 0 saturated heterocycles. The number of carbonyl (C=O) groups excluding carboxylic acids is 4. The summed E-state index contributed by atoms with van der Waals surface area (Å²) in [5.41, 5.74) is -4.13. The second kappa shape index (κ2) is 7.61. The molecule has 0 spiro atoms. The number of esters is 2. The first-order valence-electron chi connectivity index (χ1n) is 12.3. The van der Waals surface area contributed by atoms with E-state index in [0.717, 1.165) is 7.11 Å². The van der Waals surface area contributed by atoms with Gasteiger partial charge in [0.2, 0.25) is 0 Å². The smallest absolute Gasteiger partial charge is 0.335 e. The molecule has 0 amide bonds. The van der Waals surface area contributed by atoms with Crippen LogP contribution in [0.3, 0.4) is 0 Å². The molecule has 0 radical (unpaired) electrons. The summed E-state index contributed by atoms with van der Waals surface area (Å²) in [6, 6.07) is 1.71. The van der Waals surface area contributed by atoms with Crippen molar-refractivity contribution in [3.8, 4) is 0 Å². The molecule has 2 N–H and O–H groups in total. The number of methoxy groups -OCH3 is 1. The number of aliphatic hydroxyl groups is 2. The van der Waals surface area contributed by atoms with Crippen LogP contribution in [0.4, 0.5) is 0 Å². The van der Waals surface area contributed by atoms with Crippen LogP contribution >= 0.6 is 0 Å². The molecule has 1 aliphatic heterocycles. The maximum Gasteiger partial charge on any atom is 0.335 e. The fraction of sp³-hybridized carbons (Fsp3) is 0.630. The van der Waals surface area contributed by atoms with Crippen LogP contribution in [0.25, 0.3) is 0 Å². The lowest BCUT2D eigenvalue weighted by atomic mass is 9.37. The van der Waals surface area contributed by atoms with Crippen LogP contribution in [0.1, 0.15) is 58.6 Å². The molecule has 0 aromatic carbocycles. The van der Waals surface area contributed by atoms with Crippen LogP contribution < -0.4 is 0 Å². The topological polar surface area (TPSA) is 140 Å². The summed E-state index contributed by atoms with van der Waals surface area (Å²) >= 11 is 0. The summed E-state index contributed by atoms with van der Waals surface area (Å²) in [4.78, 5) is 52.9. The van der Waals surface area contributed by atoms with E-state index in [-0.39, 0.29) is 12.2 Å². The van der Waals surface area contributed by atoms with E-state index in [0.29, 0.717) is 24.0 Å². The fourth-order valence-electron chi connectivity index (χ4n) is 8.23. The van der Waals surface area contributed by atoms with Gasteiger partial charge in [0.15, 0.2) is 6.10 Å². The Morgan fingerprint density at radius 2 is 1.86 bits per heavy atom. The van der Waals surface area contributed by atoms with Crippen LogP contribution in [0.5, 0.6) is 0 Å². The van der Waals surface area contributed by atoms with Crippen LogP contribution in [-0.2, 0) is 28.7 Å². The molecule has 3 aliphatic carbocycles. The second-order valence-electron chi connectivity index (χ2n) is 11.8. The third-order valence-corrected chi connectivity index (χ3v) is 9.75. The largest absolute Gasteiger partial charge is 0.472 e. The van der Waals surface area contributed by atoms with Gasteiger partial charge in [-0.1, -0.05) is 27.7 Å². The number of cyclic esters (lactones) is 1. The normalized spacial score (nSPS) is 42.0. The summed E-state index contributed by atoms with van der Waals surface area (Å²) < 4.78 is 15.7. The Balaban J connectivity index is 1.69. The van der Waals surface area contributed by atoms with E-state index in [1.165, 1.54) is 18.6 Å². The lowest BCUT2D eigenvalue weighted by Gasteiger charge is -2.66. The van der Waals surface area contributed by atoms with E-state index >= 15 is 0 Å². The summed E-state index contributed by atoms with van der Waals surface area (Å²) in [6.07, 6.45) is 2.44. The molecular weight excluding hydrogens is 468 g/mol. The van der Waals surface area contributed by atoms with Gasteiger partial charge in [-0.15, -0.1) is 0 Å². The zero-order valence-corrected chi connectivity index (χ0v) is 21.1. The zero-order valence-electron chi connectivity index (χ0n) is 21.1. The molecule has 2 bridgehead atoms. The Kier molecular flexibility index (Phi) is 5.27. The number of ketones is 2. The van der Waals surface area contributed by atoms with Crippen molar-refractivity contribution in [3.05, 3.63) is 35.8 Å². The van der Waals surface area contributed by atoms with Crippen molar-refractivity contribution in [2.45, 2.75) is 64.8 Å². The van der Waals surface area contributed by atoms with Crippen molar-refractivity contribution in [1.82, 2.24) is 0 Å². The van der Waals surface area contributed by atoms with Crippen molar-refractivity contribution in [1.29, 1.82) is 0 Å². The van der Waals surface area contributed by atoms with Crippen LogP contribution in [0.2, 0.25) is 0 Å². The first-order chi connectivity index (χ1) is 16.7. The first kappa shape index (κ1) is 24.9. The number of furan rings is 1. The summed E-state index contributed by atoms with van der Waals surface area (Å²) in [6.45, 7) is 6.80.